The molecule has 3 rings (SSSR count). The minimum absolute atomic E-state index is 0.0370. The Balaban J connectivity index is 0.000000487. The molecule has 3 fully saturated rings. The number of hydrogen-bond acceptors (Lipinski definition) is 9. The molecule has 2 saturated carbocycles. The number of fused-ring (bicyclic) bond motifs is 3. The van der Waals surface area contributed by atoms with Crippen molar-refractivity contribution in [2.24, 2.45) is 16.7 Å². The Labute approximate surface area is 234 Å². The van der Waals surface area contributed by atoms with Crippen LogP contribution < -0.4 is 0 Å². The monoisotopic (exact) mass is 559 g/mol. The third-order valence-electron chi connectivity index (χ3n) is 8.78. The van der Waals surface area contributed by atoms with E-state index in [-0.39, 0.29) is 12.7 Å². The van der Waals surface area contributed by atoms with Gasteiger partial charge in [-0.05, 0) is 52.9 Å². The molecule has 1 heterocycles. The van der Waals surface area contributed by atoms with E-state index in [1.165, 1.54) is 17.9 Å². The van der Waals surface area contributed by atoms with E-state index in [0.717, 1.165) is 19.6 Å². The highest BCUT2D eigenvalue weighted by molar-refractivity contribution is 5.92. The molecule has 1 aliphatic heterocycles. The molecule has 0 aromatic heterocycles. The van der Waals surface area contributed by atoms with Crippen molar-refractivity contribution in [3.8, 4) is 0 Å². The fourth-order valence-electron chi connectivity index (χ4n) is 6.83. The molecule has 10 heteroatoms. The first-order valence-electron chi connectivity index (χ1n) is 13.8. The van der Waals surface area contributed by atoms with Crippen LogP contribution in [0, 0.1) is 16.7 Å². The highest BCUT2D eigenvalue weighted by Crippen LogP contribution is 2.66. The van der Waals surface area contributed by atoms with Crippen molar-refractivity contribution < 1.29 is 44.2 Å². The second-order valence-electron chi connectivity index (χ2n) is 12.3. The van der Waals surface area contributed by atoms with E-state index >= 15 is 0 Å². The molecule has 39 heavy (non-hydrogen) atoms. The molecule has 228 valence electrons. The summed E-state index contributed by atoms with van der Waals surface area (Å²) in [6.07, 6.45) is -0.658. The summed E-state index contributed by atoms with van der Waals surface area (Å²) in [6, 6.07) is 0. The van der Waals surface area contributed by atoms with Crippen molar-refractivity contribution in [2.75, 3.05) is 27.3 Å². The Hall–Kier alpha value is -1.40. The lowest BCUT2D eigenvalue weighted by molar-refractivity contribution is -0.370. The van der Waals surface area contributed by atoms with Gasteiger partial charge in [0.1, 0.15) is 11.7 Å². The number of amides is 1. The minimum atomic E-state index is -2.14. The Morgan fingerprint density at radius 2 is 1.59 bits per heavy atom. The minimum Gasteiger partial charge on any atom is -0.392 e. The van der Waals surface area contributed by atoms with Gasteiger partial charge in [-0.1, -0.05) is 26.8 Å². The maximum Gasteiger partial charge on any atom is 0.209 e. The number of carbonyl (C=O) groups excluding carboxylic acids is 2. The molecule has 0 unspecified atom stereocenters. The normalized spacial score (nSPS) is 40.6. The summed E-state index contributed by atoms with van der Waals surface area (Å²) in [5.74, 6) is -1.17. The Bertz CT molecular complexity index is 845. The highest BCUT2D eigenvalue weighted by Gasteiger charge is 2.80. The standard InChI is InChI=1S/C20H32O6.C6H14O2.C3H7NO/c1-7-17(4)10-12(22)20(25)18(5)11(21)8-9-16(2,3)14(18)13(23)15(24)19(20,6)26-17;1-4-7-6(3)8-5-2;1-4(2)3-5/h7,11,13-15,21,23-25H,1,8-10H2,2-6H3;6H,4-5H2,1-3H3;3H,1-2H3/t11-,13-,14-,15-,17-,18-,19+,20-;;/m0../s1. The van der Waals surface area contributed by atoms with E-state index in [2.05, 4.69) is 6.58 Å². The number of ketones is 1. The summed E-state index contributed by atoms with van der Waals surface area (Å²) >= 11 is 0. The number of carbonyl (C=O) groups is 2. The number of rotatable bonds is 6. The molecule has 0 radical (unpaired) electrons. The quantitative estimate of drug-likeness (QED) is 0.218. The van der Waals surface area contributed by atoms with E-state index in [9.17, 15) is 30.0 Å². The Kier molecular flexibility index (Phi) is 11.9. The molecule has 10 nitrogen and oxygen atoms in total. The number of hydrogen-bond donors (Lipinski definition) is 4. The number of aliphatic hydroxyl groups excluding tert-OH is 3. The lowest BCUT2D eigenvalue weighted by Crippen LogP contribution is -2.86. The first-order valence-corrected chi connectivity index (χ1v) is 13.8. The van der Waals surface area contributed by atoms with Crippen LogP contribution in [0.3, 0.4) is 0 Å². The number of ether oxygens (including phenoxy) is 3. The maximum atomic E-state index is 13.3. The average Bonchev–Trinajstić information content (AvgIpc) is 2.84. The van der Waals surface area contributed by atoms with Gasteiger partial charge in [-0.15, -0.1) is 6.58 Å². The Morgan fingerprint density at radius 3 is 2.00 bits per heavy atom. The lowest BCUT2D eigenvalue weighted by Gasteiger charge is -2.71. The van der Waals surface area contributed by atoms with Gasteiger partial charge >= 0.3 is 0 Å². The van der Waals surface area contributed by atoms with Crippen molar-refractivity contribution in [1.29, 1.82) is 0 Å². The van der Waals surface area contributed by atoms with Crippen LogP contribution >= 0.6 is 0 Å². The number of nitrogens with zero attached hydrogens (tertiary/aromatic N) is 1. The third-order valence-corrected chi connectivity index (χ3v) is 8.78. The zero-order valence-corrected chi connectivity index (χ0v) is 25.6. The Morgan fingerprint density at radius 1 is 1.10 bits per heavy atom. The van der Waals surface area contributed by atoms with Crippen LogP contribution in [0.1, 0.15) is 74.7 Å². The first-order chi connectivity index (χ1) is 17.8. The molecule has 8 atom stereocenters. The predicted molar refractivity (Wildman–Crippen MR) is 148 cm³/mol. The van der Waals surface area contributed by atoms with Crippen LogP contribution in [0.2, 0.25) is 0 Å². The lowest BCUT2D eigenvalue weighted by atomic mass is 9.40. The smallest absolute Gasteiger partial charge is 0.209 e. The van der Waals surface area contributed by atoms with E-state index in [1.807, 2.05) is 34.6 Å². The maximum absolute atomic E-state index is 13.3. The fraction of sp³-hybridized carbons (Fsp3) is 0.862. The largest absolute Gasteiger partial charge is 0.392 e. The summed E-state index contributed by atoms with van der Waals surface area (Å²) < 4.78 is 16.2. The molecule has 0 spiro atoms. The van der Waals surface area contributed by atoms with Crippen molar-refractivity contribution >= 4 is 12.2 Å². The molecular formula is C29H53NO9. The summed E-state index contributed by atoms with van der Waals surface area (Å²) in [4.78, 5) is 24.2. The van der Waals surface area contributed by atoms with Crippen molar-refractivity contribution in [3.05, 3.63) is 12.7 Å². The van der Waals surface area contributed by atoms with Crippen LogP contribution in [-0.2, 0) is 23.8 Å². The predicted octanol–water partition coefficient (Wildman–Crippen LogP) is 2.06. The molecule has 1 saturated heterocycles. The fourth-order valence-corrected chi connectivity index (χ4v) is 6.83. The first kappa shape index (κ1) is 35.6. The van der Waals surface area contributed by atoms with Crippen LogP contribution in [0.15, 0.2) is 12.7 Å². The average molecular weight is 560 g/mol. The highest BCUT2D eigenvalue weighted by atomic mass is 16.7. The molecular weight excluding hydrogens is 506 g/mol. The SMILES string of the molecule is C=C[C@@]1(C)CC(=O)[C@]2(O)[C@@]3(C)[C@@H](O)CCC(C)(C)[C@@H]3[C@H](O)[C@H](O)[C@@]2(C)O1.CCOC(C)OCC.CN(C)C=O. The second kappa shape index (κ2) is 13.1. The van der Waals surface area contributed by atoms with E-state index in [1.54, 1.807) is 27.9 Å². The van der Waals surface area contributed by atoms with Crippen molar-refractivity contribution in [3.63, 3.8) is 0 Å². The summed E-state index contributed by atoms with van der Waals surface area (Å²) in [6.45, 7) is 19.6. The molecule has 4 N–H and O–H groups in total. The van der Waals surface area contributed by atoms with Crippen LogP contribution in [0.5, 0.6) is 0 Å². The van der Waals surface area contributed by atoms with Gasteiger partial charge in [-0.2, -0.15) is 0 Å². The molecule has 1 amide bonds. The van der Waals surface area contributed by atoms with E-state index < -0.39 is 57.6 Å². The van der Waals surface area contributed by atoms with Crippen LogP contribution in [0.25, 0.3) is 0 Å². The third kappa shape index (κ3) is 6.42. The summed E-state index contributed by atoms with van der Waals surface area (Å²) in [5, 5.41) is 44.9. The van der Waals surface area contributed by atoms with Crippen LogP contribution in [0.4, 0.5) is 0 Å². The van der Waals surface area contributed by atoms with Gasteiger partial charge < -0.3 is 39.5 Å². The molecule has 0 bridgehead atoms. The van der Waals surface area contributed by atoms with Gasteiger partial charge in [0.15, 0.2) is 17.7 Å². The van der Waals surface area contributed by atoms with Crippen molar-refractivity contribution in [2.45, 2.75) is 116 Å². The second-order valence-corrected chi connectivity index (χ2v) is 12.3. The van der Waals surface area contributed by atoms with Gasteiger partial charge in [-0.3, -0.25) is 9.59 Å². The van der Waals surface area contributed by atoms with E-state index in [4.69, 9.17) is 14.2 Å². The summed E-state index contributed by atoms with van der Waals surface area (Å²) in [5.41, 5.74) is -6.82. The number of aliphatic hydroxyl groups is 4. The van der Waals surface area contributed by atoms with Gasteiger partial charge in [0, 0.05) is 45.1 Å². The van der Waals surface area contributed by atoms with Gasteiger partial charge in [0.05, 0.1) is 17.8 Å². The van der Waals surface area contributed by atoms with E-state index in [0.29, 0.717) is 12.8 Å². The molecule has 2 aliphatic carbocycles. The summed E-state index contributed by atoms with van der Waals surface area (Å²) in [7, 11) is 3.38. The van der Waals surface area contributed by atoms with Gasteiger partial charge in [0.25, 0.3) is 0 Å². The zero-order chi connectivity index (χ0) is 30.6. The molecule has 0 aromatic carbocycles. The molecule has 3 aliphatic rings. The number of Topliss-reactive ketones (excluding diaryl/α,β-unsaturated/α-hetero) is 1. The topological polar surface area (TPSA) is 146 Å². The van der Waals surface area contributed by atoms with Crippen molar-refractivity contribution in [1.82, 2.24) is 4.90 Å². The van der Waals surface area contributed by atoms with Gasteiger partial charge in [0.2, 0.25) is 6.41 Å². The van der Waals surface area contributed by atoms with Crippen LogP contribution in [-0.4, -0.2) is 106 Å². The van der Waals surface area contributed by atoms with Gasteiger partial charge in [-0.25, -0.2) is 0 Å². The molecule has 0 aromatic rings. The zero-order valence-electron chi connectivity index (χ0n) is 25.6.